The molecule has 0 radical (unpaired) electrons. The van der Waals surface area contributed by atoms with Crippen LogP contribution in [0.15, 0.2) is 0 Å². The summed E-state index contributed by atoms with van der Waals surface area (Å²) in [6, 6.07) is 0. The highest BCUT2D eigenvalue weighted by atomic mass is 16.1. The molecule has 0 aliphatic rings. The van der Waals surface area contributed by atoms with Crippen LogP contribution in [0.5, 0.6) is 0 Å². The van der Waals surface area contributed by atoms with Crippen LogP contribution in [0.1, 0.15) is 78.6 Å². The molecule has 1 unspecified atom stereocenters. The molecule has 2 N–H and O–H groups in total. The molecule has 1 atom stereocenters. The van der Waals surface area contributed by atoms with Gasteiger partial charge in [-0.15, -0.1) is 0 Å². The highest BCUT2D eigenvalue weighted by Crippen LogP contribution is 2.16. The minimum absolute atomic E-state index is 0.401. The zero-order valence-electron chi connectivity index (χ0n) is 12.7. The summed E-state index contributed by atoms with van der Waals surface area (Å²) in [5.74, 6) is 1.46. The molecule has 108 valence electrons. The molecule has 0 saturated heterocycles. The maximum atomic E-state index is 11.8. The van der Waals surface area contributed by atoms with Crippen LogP contribution >= 0.6 is 0 Å². The predicted molar refractivity (Wildman–Crippen MR) is 79.6 cm³/mol. The van der Waals surface area contributed by atoms with Crippen molar-refractivity contribution in [3.8, 4) is 0 Å². The van der Waals surface area contributed by atoms with Gasteiger partial charge in [-0.3, -0.25) is 4.79 Å². The number of Topliss-reactive ketones (excluding diaryl/α,β-unsaturated/α-hetero) is 1. The van der Waals surface area contributed by atoms with Crippen molar-refractivity contribution >= 4 is 5.78 Å². The van der Waals surface area contributed by atoms with Gasteiger partial charge in [-0.25, -0.2) is 0 Å². The van der Waals surface area contributed by atoms with Gasteiger partial charge in [0, 0.05) is 12.8 Å². The van der Waals surface area contributed by atoms with Gasteiger partial charge in [-0.1, -0.05) is 52.9 Å². The molecule has 0 amide bonds. The molecule has 0 bridgehead atoms. The second-order valence-corrected chi connectivity index (χ2v) is 5.99. The molecule has 2 heteroatoms. The van der Waals surface area contributed by atoms with E-state index in [1.54, 1.807) is 0 Å². The fourth-order valence-electron chi connectivity index (χ4n) is 2.46. The lowest BCUT2D eigenvalue weighted by molar-refractivity contribution is -0.120. The van der Waals surface area contributed by atoms with Crippen molar-refractivity contribution in [1.29, 1.82) is 0 Å². The van der Waals surface area contributed by atoms with Crippen molar-refractivity contribution in [2.75, 3.05) is 6.54 Å². The van der Waals surface area contributed by atoms with Crippen molar-refractivity contribution in [3.63, 3.8) is 0 Å². The van der Waals surface area contributed by atoms with E-state index >= 15 is 0 Å². The number of unbranched alkanes of at least 4 members (excludes halogenated alkanes) is 5. The average molecular weight is 255 g/mol. The number of rotatable bonds is 12. The minimum Gasteiger partial charge on any atom is -0.330 e. The van der Waals surface area contributed by atoms with E-state index in [1.165, 1.54) is 32.1 Å². The largest absolute Gasteiger partial charge is 0.330 e. The quantitative estimate of drug-likeness (QED) is 0.528. The van der Waals surface area contributed by atoms with Crippen molar-refractivity contribution in [3.05, 3.63) is 0 Å². The third-order valence-corrected chi connectivity index (χ3v) is 3.46. The second kappa shape index (κ2) is 11.7. The summed E-state index contributed by atoms with van der Waals surface area (Å²) in [5.41, 5.74) is 5.73. The summed E-state index contributed by atoms with van der Waals surface area (Å²) >= 11 is 0. The summed E-state index contributed by atoms with van der Waals surface area (Å²) in [6.07, 6.45) is 10.1. The van der Waals surface area contributed by atoms with E-state index in [0.717, 1.165) is 19.3 Å². The van der Waals surface area contributed by atoms with Gasteiger partial charge in [0.15, 0.2) is 0 Å². The first-order valence-corrected chi connectivity index (χ1v) is 7.81. The van der Waals surface area contributed by atoms with Crippen LogP contribution in [-0.4, -0.2) is 12.3 Å². The molecular formula is C16H33NO. The molecule has 18 heavy (non-hydrogen) atoms. The number of carbonyl (C=O) groups is 1. The van der Waals surface area contributed by atoms with E-state index < -0.39 is 0 Å². The summed E-state index contributed by atoms with van der Waals surface area (Å²) < 4.78 is 0. The van der Waals surface area contributed by atoms with Crippen LogP contribution in [0.4, 0.5) is 0 Å². The third kappa shape index (κ3) is 10.8. The molecule has 0 aliphatic carbocycles. The first-order chi connectivity index (χ1) is 8.60. The Morgan fingerprint density at radius 1 is 1.06 bits per heavy atom. The Balaban J connectivity index is 3.56. The zero-order chi connectivity index (χ0) is 13.8. The first-order valence-electron chi connectivity index (χ1n) is 7.81. The summed E-state index contributed by atoms with van der Waals surface area (Å²) in [6.45, 7) is 7.27. The van der Waals surface area contributed by atoms with E-state index in [4.69, 9.17) is 5.73 Å². The van der Waals surface area contributed by atoms with E-state index in [1.807, 2.05) is 0 Å². The zero-order valence-corrected chi connectivity index (χ0v) is 12.7. The number of nitrogens with two attached hydrogens (primary N) is 1. The highest BCUT2D eigenvalue weighted by molar-refractivity contribution is 5.78. The lowest BCUT2D eigenvalue weighted by Crippen LogP contribution is -2.20. The normalized spacial score (nSPS) is 12.9. The third-order valence-electron chi connectivity index (χ3n) is 3.46. The number of ketones is 1. The van der Waals surface area contributed by atoms with Gasteiger partial charge in [0.2, 0.25) is 0 Å². The summed E-state index contributed by atoms with van der Waals surface area (Å²) in [7, 11) is 0. The number of hydrogen-bond acceptors (Lipinski definition) is 2. The predicted octanol–water partition coefficient (Wildman–Crippen LogP) is 4.32. The Bertz CT molecular complexity index is 201. The monoisotopic (exact) mass is 255 g/mol. The Morgan fingerprint density at radius 3 is 2.22 bits per heavy atom. The van der Waals surface area contributed by atoms with E-state index in [9.17, 15) is 4.79 Å². The fraction of sp³-hybridized carbons (Fsp3) is 0.938. The first kappa shape index (κ1) is 17.6. The Labute approximate surface area is 114 Å². The van der Waals surface area contributed by atoms with Gasteiger partial charge in [0.1, 0.15) is 5.78 Å². The molecule has 0 spiro atoms. The average Bonchev–Trinajstić information content (AvgIpc) is 2.32. The maximum Gasteiger partial charge on any atom is 0.133 e. The minimum atomic E-state index is 0.401. The summed E-state index contributed by atoms with van der Waals surface area (Å²) in [5, 5.41) is 0. The van der Waals surface area contributed by atoms with Crippen LogP contribution in [-0.2, 0) is 4.79 Å². The van der Waals surface area contributed by atoms with E-state index in [-0.39, 0.29) is 0 Å². The summed E-state index contributed by atoms with van der Waals surface area (Å²) in [4.78, 5) is 11.8. The lowest BCUT2D eigenvalue weighted by Gasteiger charge is -2.16. The molecule has 0 aromatic carbocycles. The molecule has 0 rings (SSSR count). The van der Waals surface area contributed by atoms with Crippen LogP contribution in [0.25, 0.3) is 0 Å². The van der Waals surface area contributed by atoms with Crippen molar-refractivity contribution < 1.29 is 4.79 Å². The highest BCUT2D eigenvalue weighted by Gasteiger charge is 2.13. The van der Waals surface area contributed by atoms with Gasteiger partial charge in [0.25, 0.3) is 0 Å². The van der Waals surface area contributed by atoms with Gasteiger partial charge >= 0.3 is 0 Å². The van der Waals surface area contributed by atoms with Gasteiger partial charge in [0.05, 0.1) is 0 Å². The smallest absolute Gasteiger partial charge is 0.133 e. The Kier molecular flexibility index (Phi) is 11.5. The fourth-order valence-corrected chi connectivity index (χ4v) is 2.46. The molecule has 0 fully saturated rings. The molecule has 0 aromatic heterocycles. The van der Waals surface area contributed by atoms with Crippen LogP contribution in [0, 0.1) is 11.8 Å². The van der Waals surface area contributed by atoms with Crippen LogP contribution in [0.3, 0.4) is 0 Å². The maximum absolute atomic E-state index is 11.8. The molecule has 0 aromatic rings. The van der Waals surface area contributed by atoms with Crippen molar-refractivity contribution in [1.82, 2.24) is 0 Å². The van der Waals surface area contributed by atoms with E-state index in [2.05, 4.69) is 20.8 Å². The molecule has 0 aliphatic heterocycles. The standard InChI is InChI=1S/C16H33NO/c1-4-5-6-7-8-9-10-16(18)12-15(13-17)11-14(2)3/h14-15H,4-13,17H2,1-3H3. The SMILES string of the molecule is CCCCCCCCC(=O)CC(CN)CC(C)C. The Hall–Kier alpha value is -0.370. The lowest BCUT2D eigenvalue weighted by atomic mass is 9.91. The molecule has 2 nitrogen and oxygen atoms in total. The Morgan fingerprint density at radius 2 is 1.67 bits per heavy atom. The van der Waals surface area contributed by atoms with Gasteiger partial charge in [-0.05, 0) is 31.2 Å². The second-order valence-electron chi connectivity index (χ2n) is 5.99. The number of hydrogen-bond donors (Lipinski definition) is 1. The van der Waals surface area contributed by atoms with Gasteiger partial charge in [-0.2, -0.15) is 0 Å². The molecule has 0 heterocycles. The van der Waals surface area contributed by atoms with Crippen molar-refractivity contribution in [2.45, 2.75) is 78.6 Å². The molecular weight excluding hydrogens is 222 g/mol. The number of carbonyl (C=O) groups excluding carboxylic acids is 1. The van der Waals surface area contributed by atoms with Crippen molar-refractivity contribution in [2.24, 2.45) is 17.6 Å². The van der Waals surface area contributed by atoms with Crippen LogP contribution in [0.2, 0.25) is 0 Å². The van der Waals surface area contributed by atoms with Crippen LogP contribution < -0.4 is 5.73 Å². The molecule has 0 saturated carbocycles. The van der Waals surface area contributed by atoms with E-state index in [0.29, 0.717) is 30.6 Å². The topological polar surface area (TPSA) is 43.1 Å². The van der Waals surface area contributed by atoms with Gasteiger partial charge < -0.3 is 5.73 Å².